The molecule has 11 nitrogen and oxygen atoms in total. The Labute approximate surface area is 198 Å². The molecule has 0 saturated heterocycles. The van der Waals surface area contributed by atoms with E-state index < -0.39 is 31.9 Å². The Hall–Kier alpha value is -3.31. The van der Waals surface area contributed by atoms with Gasteiger partial charge in [0.1, 0.15) is 24.4 Å². The Morgan fingerprint density at radius 3 is 2.69 bits per heavy atom. The molecule has 4 aromatic rings. The van der Waals surface area contributed by atoms with Crippen molar-refractivity contribution in [3.8, 4) is 11.1 Å². The number of nitrogens with zero attached hydrogens (tertiary/aromatic N) is 5. The van der Waals surface area contributed by atoms with Crippen LogP contribution in [0.2, 0.25) is 0 Å². The van der Waals surface area contributed by atoms with Crippen LogP contribution in [-0.4, -0.2) is 46.4 Å². The largest absolute Gasteiger partial charge is 0.470 e. The molecule has 13 heteroatoms. The third kappa shape index (κ3) is 4.65. The Bertz CT molecular complexity index is 1500. The topological polar surface area (TPSA) is 152 Å². The van der Waals surface area contributed by atoms with Crippen LogP contribution < -0.4 is 5.32 Å². The molecule has 3 atom stereocenters. The van der Waals surface area contributed by atoms with Gasteiger partial charge in [0.2, 0.25) is 5.91 Å². The highest BCUT2D eigenvalue weighted by Crippen LogP contribution is 2.43. The predicted octanol–water partition coefficient (Wildman–Crippen LogP) is 3.50. The van der Waals surface area contributed by atoms with Crippen LogP contribution in [0, 0.1) is 12.8 Å². The molecule has 1 saturated carbocycles. The minimum atomic E-state index is -4.67. The average Bonchev–Trinajstić information content (AvgIpc) is 3.33. The van der Waals surface area contributed by atoms with E-state index >= 15 is 0 Å². The maximum absolute atomic E-state index is 13.2. The van der Waals surface area contributed by atoms with Gasteiger partial charge in [-0.2, -0.15) is 5.10 Å². The molecule has 1 aliphatic carbocycles. The number of carbonyl (C=O) groups excluding carboxylic acids is 1. The first-order chi connectivity index (χ1) is 16.6. The monoisotopic (exact) mass is 500 g/mol. The van der Waals surface area contributed by atoms with Gasteiger partial charge < -0.3 is 15.1 Å². The second-order valence-electron chi connectivity index (χ2n) is 8.45. The molecule has 0 aliphatic heterocycles. The van der Waals surface area contributed by atoms with Crippen molar-refractivity contribution in [3.05, 3.63) is 48.2 Å². The summed E-state index contributed by atoms with van der Waals surface area (Å²) in [5.41, 5.74) is 3.88. The molecule has 0 radical (unpaired) electrons. The number of halogens is 1. The molecule has 1 fully saturated rings. The van der Waals surface area contributed by atoms with Crippen molar-refractivity contribution in [2.24, 2.45) is 5.92 Å². The number of hydrogen-bond donors (Lipinski definition) is 3. The summed E-state index contributed by atoms with van der Waals surface area (Å²) in [5, 5.41) is 7.70. The summed E-state index contributed by atoms with van der Waals surface area (Å²) >= 11 is 0. The van der Waals surface area contributed by atoms with Crippen molar-refractivity contribution >= 4 is 36.1 Å². The maximum atomic E-state index is 13.2. The molecule has 0 aromatic carbocycles. The third-order valence-corrected chi connectivity index (χ3v) is 6.45. The summed E-state index contributed by atoms with van der Waals surface area (Å²) in [6.07, 6.45) is 3.22. The minimum Gasteiger partial charge on any atom is -0.310 e. The number of pyridine rings is 3. The number of rotatable bonds is 7. The van der Waals surface area contributed by atoms with Crippen LogP contribution in [0.5, 0.6) is 0 Å². The summed E-state index contributed by atoms with van der Waals surface area (Å²) in [7, 11) is -4.67. The first kappa shape index (κ1) is 23.4. The van der Waals surface area contributed by atoms with Crippen molar-refractivity contribution in [1.82, 2.24) is 24.6 Å². The van der Waals surface area contributed by atoms with Crippen LogP contribution in [0.1, 0.15) is 37.1 Å². The zero-order valence-electron chi connectivity index (χ0n) is 18.8. The summed E-state index contributed by atoms with van der Waals surface area (Å²) in [6, 6.07) is 5.26. The van der Waals surface area contributed by atoms with Gasteiger partial charge in [-0.15, -0.1) is 0 Å². The highest BCUT2D eigenvalue weighted by molar-refractivity contribution is 7.46. The minimum absolute atomic E-state index is 0.229. The summed E-state index contributed by atoms with van der Waals surface area (Å²) in [4.78, 5) is 43.5. The van der Waals surface area contributed by atoms with Crippen molar-refractivity contribution in [1.29, 1.82) is 0 Å². The smallest absolute Gasteiger partial charge is 0.310 e. The number of carbonyl (C=O) groups is 1. The van der Waals surface area contributed by atoms with Gasteiger partial charge in [0.15, 0.2) is 5.65 Å². The van der Waals surface area contributed by atoms with Crippen molar-refractivity contribution < 1.29 is 28.1 Å². The van der Waals surface area contributed by atoms with E-state index in [2.05, 4.69) is 25.4 Å². The number of aryl methyl sites for hydroxylation is 1. The fourth-order valence-electron chi connectivity index (χ4n) is 4.03. The van der Waals surface area contributed by atoms with Crippen LogP contribution in [0.3, 0.4) is 0 Å². The number of nitrogens with one attached hydrogen (secondary N) is 1. The first-order valence-electron chi connectivity index (χ1n) is 10.9. The van der Waals surface area contributed by atoms with Crippen molar-refractivity contribution in [3.63, 3.8) is 0 Å². The van der Waals surface area contributed by atoms with Crippen LogP contribution in [0.25, 0.3) is 27.7 Å². The lowest BCUT2D eigenvalue weighted by atomic mass is 10.0. The molecule has 3 N–H and O–H groups in total. The molecule has 5 rings (SSSR count). The quantitative estimate of drug-likeness (QED) is 0.324. The molecule has 35 heavy (non-hydrogen) atoms. The van der Waals surface area contributed by atoms with E-state index in [-0.39, 0.29) is 6.42 Å². The lowest BCUT2D eigenvalue weighted by Crippen LogP contribution is -2.16. The zero-order valence-corrected chi connectivity index (χ0v) is 19.7. The van der Waals surface area contributed by atoms with Gasteiger partial charge in [0, 0.05) is 35.0 Å². The van der Waals surface area contributed by atoms with Gasteiger partial charge in [-0.1, -0.05) is 6.92 Å². The molecular formula is C22H22FN6O5P. The normalized spacial score (nSPS) is 18.7. The number of phosphoric acid groups is 1. The number of fused-ring (bicyclic) bond motifs is 3. The SMILES string of the molecule is CC[C@@H](OP(=O)(O)O)c1cc(C)c(-c2cc3cnc(NC(=O)[C@H]4C[C@H]4F)cc3n3ncnc23)cn1. The average molecular weight is 500 g/mol. The van der Waals surface area contributed by atoms with E-state index in [1.165, 1.54) is 6.33 Å². The maximum Gasteiger partial charge on any atom is 0.470 e. The van der Waals surface area contributed by atoms with Crippen molar-refractivity contribution in [2.75, 3.05) is 5.32 Å². The summed E-state index contributed by atoms with van der Waals surface area (Å²) < 4.78 is 31.0. The van der Waals surface area contributed by atoms with Gasteiger partial charge in [0.05, 0.1) is 17.1 Å². The highest BCUT2D eigenvalue weighted by Gasteiger charge is 2.43. The van der Waals surface area contributed by atoms with Crippen LogP contribution in [0.15, 0.2) is 36.9 Å². The second kappa shape index (κ2) is 8.72. The Balaban J connectivity index is 1.53. The van der Waals surface area contributed by atoms with Gasteiger partial charge in [-0.3, -0.25) is 14.3 Å². The molecule has 182 valence electrons. The fourth-order valence-corrected chi connectivity index (χ4v) is 4.62. The van der Waals surface area contributed by atoms with E-state index in [0.717, 1.165) is 22.1 Å². The highest BCUT2D eigenvalue weighted by atomic mass is 31.2. The number of aromatic nitrogens is 5. The fraction of sp³-hybridized carbons (Fsp3) is 0.318. The first-order valence-corrected chi connectivity index (χ1v) is 12.5. The molecule has 4 aromatic heterocycles. The van der Waals surface area contributed by atoms with Gasteiger partial charge in [0.25, 0.3) is 0 Å². The number of alkyl halides is 1. The molecule has 0 unspecified atom stereocenters. The number of phosphoric ester groups is 1. The Morgan fingerprint density at radius 2 is 2.03 bits per heavy atom. The third-order valence-electron chi connectivity index (χ3n) is 5.92. The molecular weight excluding hydrogens is 478 g/mol. The molecule has 0 bridgehead atoms. The summed E-state index contributed by atoms with van der Waals surface area (Å²) in [6.45, 7) is 3.60. The van der Waals surface area contributed by atoms with Crippen molar-refractivity contribution in [2.45, 2.75) is 39.0 Å². The standard InChI is InChI=1S/C22H22FN6O5P/c1-3-19(34-35(31,32)33)17-4-11(2)15(9-24-17)13-5-12-8-25-20(28-22(30)14-6-16(14)23)7-18(12)29-21(13)26-10-27-29/h4-5,7-10,14,16,19H,3,6H2,1-2H3,(H,25,28,30)(H2,31,32,33)/t14-,16+,19+/m0/s1. The van der Waals surface area contributed by atoms with Crippen LogP contribution in [0.4, 0.5) is 10.2 Å². The van der Waals surface area contributed by atoms with E-state index in [1.807, 2.05) is 13.0 Å². The number of hydrogen-bond acceptors (Lipinski definition) is 7. The van der Waals surface area contributed by atoms with E-state index in [0.29, 0.717) is 29.1 Å². The van der Waals surface area contributed by atoms with E-state index in [9.17, 15) is 23.5 Å². The molecule has 4 heterocycles. The lowest BCUT2D eigenvalue weighted by molar-refractivity contribution is -0.117. The summed E-state index contributed by atoms with van der Waals surface area (Å²) in [5.74, 6) is -0.728. The molecule has 0 spiro atoms. The molecule has 1 amide bonds. The number of amides is 1. The van der Waals surface area contributed by atoms with Gasteiger partial charge >= 0.3 is 7.82 Å². The van der Waals surface area contributed by atoms with Gasteiger partial charge in [-0.25, -0.2) is 23.4 Å². The van der Waals surface area contributed by atoms with Crippen LogP contribution in [-0.2, 0) is 13.9 Å². The second-order valence-corrected chi connectivity index (χ2v) is 9.64. The van der Waals surface area contributed by atoms with E-state index in [4.69, 9.17) is 4.52 Å². The van der Waals surface area contributed by atoms with E-state index in [1.54, 1.807) is 36.0 Å². The zero-order chi connectivity index (χ0) is 24.9. The predicted molar refractivity (Wildman–Crippen MR) is 124 cm³/mol. The number of anilines is 1. The Kier molecular flexibility index (Phi) is 5.84. The lowest BCUT2D eigenvalue weighted by Gasteiger charge is -2.17. The molecule has 1 aliphatic rings. The Morgan fingerprint density at radius 1 is 1.26 bits per heavy atom. The van der Waals surface area contributed by atoms with Crippen LogP contribution >= 0.6 is 7.82 Å². The van der Waals surface area contributed by atoms with Gasteiger partial charge in [-0.05, 0) is 37.5 Å².